The van der Waals surface area contributed by atoms with E-state index in [0.29, 0.717) is 6.54 Å². The van der Waals surface area contributed by atoms with Gasteiger partial charge in [-0.15, -0.1) is 0 Å². The fourth-order valence-corrected chi connectivity index (χ4v) is 0.584. The average Bonchev–Trinajstić information content (AvgIpc) is 1.82. The van der Waals surface area contributed by atoms with E-state index in [1.165, 1.54) is 6.08 Å². The summed E-state index contributed by atoms with van der Waals surface area (Å²) >= 11 is 0. The molecule has 0 fully saturated rings. The van der Waals surface area contributed by atoms with Crippen molar-refractivity contribution in [2.75, 3.05) is 13.1 Å². The Kier molecular flexibility index (Phi) is 4.58. The van der Waals surface area contributed by atoms with Crippen LogP contribution in [0.25, 0.3) is 0 Å². The van der Waals surface area contributed by atoms with E-state index in [2.05, 4.69) is 5.32 Å². The number of hydrogen-bond donors (Lipinski definition) is 2. The minimum Gasteiger partial charge on any atom is -0.478 e. The van der Waals surface area contributed by atoms with Crippen molar-refractivity contribution in [1.82, 2.24) is 5.32 Å². The van der Waals surface area contributed by atoms with Crippen LogP contribution in [0.1, 0.15) is 13.8 Å². The highest BCUT2D eigenvalue weighted by molar-refractivity contribution is 5.80. The topological polar surface area (TPSA) is 49.3 Å². The lowest BCUT2D eigenvalue weighted by atomic mass is 10.3. The third-order valence-electron chi connectivity index (χ3n) is 1.02. The first-order valence-electron chi connectivity index (χ1n) is 3.27. The molecule has 0 atom stereocenters. The molecular formula is C7H13NO2. The molecule has 0 aromatic rings. The van der Waals surface area contributed by atoms with Crippen molar-refractivity contribution in [3.05, 3.63) is 11.6 Å². The van der Waals surface area contributed by atoms with Crippen LogP contribution < -0.4 is 5.32 Å². The van der Waals surface area contributed by atoms with Crippen LogP contribution in [0.5, 0.6) is 0 Å². The first-order valence-corrected chi connectivity index (χ1v) is 3.27. The Morgan fingerprint density at radius 3 is 2.70 bits per heavy atom. The lowest BCUT2D eigenvalue weighted by Gasteiger charge is -1.98. The number of rotatable bonds is 4. The van der Waals surface area contributed by atoms with Crippen LogP contribution in [-0.2, 0) is 4.79 Å². The number of likely N-dealkylation sites (N-methyl/N-ethyl adjacent to an activating group) is 1. The highest BCUT2D eigenvalue weighted by atomic mass is 16.4. The fourth-order valence-electron chi connectivity index (χ4n) is 0.584. The molecule has 0 unspecified atom stereocenters. The second-order valence-electron chi connectivity index (χ2n) is 2.11. The van der Waals surface area contributed by atoms with E-state index in [9.17, 15) is 4.79 Å². The molecule has 0 saturated carbocycles. The van der Waals surface area contributed by atoms with Crippen molar-refractivity contribution in [2.45, 2.75) is 13.8 Å². The van der Waals surface area contributed by atoms with Crippen molar-refractivity contribution >= 4 is 5.97 Å². The van der Waals surface area contributed by atoms with Crippen molar-refractivity contribution in [3.8, 4) is 0 Å². The van der Waals surface area contributed by atoms with Gasteiger partial charge in [-0.25, -0.2) is 4.79 Å². The molecule has 0 aliphatic heterocycles. The Labute approximate surface area is 60.7 Å². The molecule has 3 heteroatoms. The summed E-state index contributed by atoms with van der Waals surface area (Å²) in [5.41, 5.74) is 0.842. The Hall–Kier alpha value is -0.830. The smallest absolute Gasteiger partial charge is 0.328 e. The highest BCUT2D eigenvalue weighted by Gasteiger charge is 1.91. The normalized spacial score (nSPS) is 11.6. The van der Waals surface area contributed by atoms with Crippen molar-refractivity contribution < 1.29 is 9.90 Å². The summed E-state index contributed by atoms with van der Waals surface area (Å²) in [6, 6.07) is 0. The highest BCUT2D eigenvalue weighted by Crippen LogP contribution is 1.87. The first-order chi connectivity index (χ1) is 4.66. The van der Waals surface area contributed by atoms with E-state index in [1.807, 2.05) is 6.92 Å². The zero-order chi connectivity index (χ0) is 7.98. The monoisotopic (exact) mass is 143 g/mol. The molecule has 0 aromatic carbocycles. The molecule has 0 aliphatic carbocycles. The number of aliphatic carboxylic acids is 1. The quantitative estimate of drug-likeness (QED) is 0.567. The molecule has 0 heterocycles. The molecule has 0 aromatic heterocycles. The minimum atomic E-state index is -0.879. The number of carbonyl (C=O) groups is 1. The summed E-state index contributed by atoms with van der Waals surface area (Å²) in [4.78, 5) is 10.1. The molecule has 0 spiro atoms. The molecule has 10 heavy (non-hydrogen) atoms. The van der Waals surface area contributed by atoms with Gasteiger partial charge >= 0.3 is 5.97 Å². The zero-order valence-electron chi connectivity index (χ0n) is 6.35. The van der Waals surface area contributed by atoms with Gasteiger partial charge in [0.15, 0.2) is 0 Å². The summed E-state index contributed by atoms with van der Waals surface area (Å²) in [6.07, 6.45) is 1.21. The largest absolute Gasteiger partial charge is 0.478 e. The second kappa shape index (κ2) is 4.99. The molecule has 0 bridgehead atoms. The average molecular weight is 143 g/mol. The zero-order valence-corrected chi connectivity index (χ0v) is 6.35. The summed E-state index contributed by atoms with van der Waals surface area (Å²) in [5.74, 6) is -0.879. The van der Waals surface area contributed by atoms with Crippen LogP contribution in [0.15, 0.2) is 11.6 Å². The first kappa shape index (κ1) is 9.17. The van der Waals surface area contributed by atoms with Gasteiger partial charge in [-0.05, 0) is 13.5 Å². The molecule has 2 N–H and O–H groups in total. The Bertz CT molecular complexity index is 141. The molecule has 3 nitrogen and oxygen atoms in total. The lowest BCUT2D eigenvalue weighted by molar-refractivity contribution is -0.131. The molecule has 0 amide bonds. The third kappa shape index (κ3) is 5.31. The van der Waals surface area contributed by atoms with Crippen LogP contribution in [-0.4, -0.2) is 24.2 Å². The van der Waals surface area contributed by atoms with Gasteiger partial charge in [0, 0.05) is 12.6 Å². The van der Waals surface area contributed by atoms with Crippen LogP contribution in [0.2, 0.25) is 0 Å². The number of carboxylic acid groups (broad SMARTS) is 1. The Morgan fingerprint density at radius 1 is 1.70 bits per heavy atom. The van der Waals surface area contributed by atoms with Gasteiger partial charge < -0.3 is 10.4 Å². The molecular weight excluding hydrogens is 130 g/mol. The molecule has 58 valence electrons. The van der Waals surface area contributed by atoms with Crippen molar-refractivity contribution in [3.63, 3.8) is 0 Å². The van der Waals surface area contributed by atoms with Gasteiger partial charge in [-0.3, -0.25) is 0 Å². The maximum atomic E-state index is 10.1. The fraction of sp³-hybridized carbons (Fsp3) is 0.571. The molecule has 0 saturated heterocycles. The number of nitrogens with one attached hydrogen (secondary N) is 1. The predicted molar refractivity (Wildman–Crippen MR) is 39.9 cm³/mol. The lowest BCUT2D eigenvalue weighted by Crippen LogP contribution is -2.15. The van der Waals surface area contributed by atoms with Crippen molar-refractivity contribution in [1.29, 1.82) is 0 Å². The van der Waals surface area contributed by atoms with Crippen LogP contribution in [0, 0.1) is 0 Å². The summed E-state index contributed by atoms with van der Waals surface area (Å²) in [7, 11) is 0. The summed E-state index contributed by atoms with van der Waals surface area (Å²) in [6.45, 7) is 5.29. The number of carboxylic acids is 1. The number of hydrogen-bond acceptors (Lipinski definition) is 2. The van der Waals surface area contributed by atoms with Gasteiger partial charge in [0.2, 0.25) is 0 Å². The summed E-state index contributed by atoms with van der Waals surface area (Å²) in [5, 5.41) is 11.3. The van der Waals surface area contributed by atoms with Gasteiger partial charge in [0.05, 0.1) is 0 Å². The SMILES string of the molecule is CCNCC(C)=CC(=O)O. The standard InChI is InChI=1S/C7H13NO2/c1-3-8-5-6(2)4-7(9)10/h4,8H,3,5H2,1-2H3,(H,9,10). The Balaban J connectivity index is 3.60. The van der Waals surface area contributed by atoms with E-state index in [0.717, 1.165) is 12.1 Å². The maximum Gasteiger partial charge on any atom is 0.328 e. The van der Waals surface area contributed by atoms with Crippen LogP contribution in [0.4, 0.5) is 0 Å². The Morgan fingerprint density at radius 2 is 2.30 bits per heavy atom. The van der Waals surface area contributed by atoms with E-state index in [1.54, 1.807) is 6.92 Å². The van der Waals surface area contributed by atoms with E-state index in [-0.39, 0.29) is 0 Å². The summed E-state index contributed by atoms with van der Waals surface area (Å²) < 4.78 is 0. The van der Waals surface area contributed by atoms with E-state index < -0.39 is 5.97 Å². The second-order valence-corrected chi connectivity index (χ2v) is 2.11. The van der Waals surface area contributed by atoms with Gasteiger partial charge in [-0.1, -0.05) is 12.5 Å². The molecule has 0 rings (SSSR count). The van der Waals surface area contributed by atoms with Crippen LogP contribution >= 0.6 is 0 Å². The van der Waals surface area contributed by atoms with E-state index >= 15 is 0 Å². The van der Waals surface area contributed by atoms with Gasteiger partial charge in [-0.2, -0.15) is 0 Å². The molecule has 0 aliphatic rings. The third-order valence-corrected chi connectivity index (χ3v) is 1.02. The predicted octanol–water partition coefficient (Wildman–Crippen LogP) is 0.627. The van der Waals surface area contributed by atoms with Gasteiger partial charge in [0.25, 0.3) is 0 Å². The minimum absolute atomic E-state index is 0.656. The molecule has 0 radical (unpaired) electrons. The van der Waals surface area contributed by atoms with Crippen molar-refractivity contribution in [2.24, 2.45) is 0 Å². The van der Waals surface area contributed by atoms with Crippen LogP contribution in [0.3, 0.4) is 0 Å². The van der Waals surface area contributed by atoms with E-state index in [4.69, 9.17) is 5.11 Å². The van der Waals surface area contributed by atoms with Gasteiger partial charge in [0.1, 0.15) is 0 Å². The maximum absolute atomic E-state index is 10.1.